The summed E-state index contributed by atoms with van der Waals surface area (Å²) in [4.78, 5) is 12.0. The maximum absolute atomic E-state index is 12.0. The van der Waals surface area contributed by atoms with Gasteiger partial charge in [-0.1, -0.05) is 6.42 Å². The van der Waals surface area contributed by atoms with Crippen molar-refractivity contribution in [2.45, 2.75) is 32.2 Å². The number of nitrogens with zero attached hydrogens (tertiary/aromatic N) is 2. The highest BCUT2D eigenvalue weighted by atomic mass is 16.1. The van der Waals surface area contributed by atoms with Crippen molar-refractivity contribution in [3.63, 3.8) is 0 Å². The Morgan fingerprint density at radius 2 is 2.38 bits per heavy atom. The third kappa shape index (κ3) is 2.09. The van der Waals surface area contributed by atoms with Gasteiger partial charge in [0, 0.05) is 19.3 Å². The average Bonchev–Trinajstić information content (AvgIpc) is 2.74. The first-order chi connectivity index (χ1) is 7.58. The Hall–Kier alpha value is -1.36. The fourth-order valence-corrected chi connectivity index (χ4v) is 2.26. The molecule has 1 aromatic rings. The van der Waals surface area contributed by atoms with Gasteiger partial charge in [-0.05, 0) is 19.8 Å². The van der Waals surface area contributed by atoms with Gasteiger partial charge in [0.2, 0.25) is 5.91 Å². The Morgan fingerprint density at radius 3 is 2.88 bits per heavy atom. The first-order valence-corrected chi connectivity index (χ1v) is 5.64. The minimum absolute atomic E-state index is 0.0111. The molecule has 1 aliphatic carbocycles. The van der Waals surface area contributed by atoms with Crippen LogP contribution in [0.4, 0.5) is 5.69 Å². The molecular formula is C11H18N4O. The van der Waals surface area contributed by atoms with Gasteiger partial charge in [-0.2, -0.15) is 5.10 Å². The molecule has 1 heterocycles. The summed E-state index contributed by atoms with van der Waals surface area (Å²) < 4.78 is 1.69. The SMILES string of the molecule is Cc1nn(C)cc1NC(=O)C1CCCC1N. The van der Waals surface area contributed by atoms with Crippen LogP contribution < -0.4 is 11.1 Å². The Morgan fingerprint density at radius 1 is 1.62 bits per heavy atom. The van der Waals surface area contributed by atoms with Crippen LogP contribution in [0.1, 0.15) is 25.0 Å². The van der Waals surface area contributed by atoms with Crippen molar-refractivity contribution >= 4 is 11.6 Å². The summed E-state index contributed by atoms with van der Waals surface area (Å²) in [5.41, 5.74) is 7.51. The lowest BCUT2D eigenvalue weighted by Crippen LogP contribution is -2.34. The lowest BCUT2D eigenvalue weighted by molar-refractivity contribution is -0.120. The molecule has 1 amide bonds. The number of aromatic nitrogens is 2. The maximum Gasteiger partial charge on any atom is 0.229 e. The lowest BCUT2D eigenvalue weighted by Gasteiger charge is -2.14. The summed E-state index contributed by atoms with van der Waals surface area (Å²) in [5, 5.41) is 7.08. The van der Waals surface area contributed by atoms with E-state index in [0.29, 0.717) is 0 Å². The largest absolute Gasteiger partial charge is 0.327 e. The van der Waals surface area contributed by atoms with Crippen LogP contribution in [-0.4, -0.2) is 21.7 Å². The number of amides is 1. The van der Waals surface area contributed by atoms with Crippen molar-refractivity contribution < 1.29 is 4.79 Å². The van der Waals surface area contributed by atoms with Gasteiger partial charge in [0.15, 0.2) is 0 Å². The molecule has 2 rings (SSSR count). The number of anilines is 1. The predicted octanol–water partition coefficient (Wildman–Crippen LogP) is 0.794. The van der Waals surface area contributed by atoms with Crippen LogP contribution in [0.15, 0.2) is 6.20 Å². The normalized spacial score (nSPS) is 24.7. The number of hydrogen-bond acceptors (Lipinski definition) is 3. The highest BCUT2D eigenvalue weighted by Gasteiger charge is 2.30. The summed E-state index contributed by atoms with van der Waals surface area (Å²) >= 11 is 0. The Labute approximate surface area is 95.0 Å². The molecule has 0 radical (unpaired) electrons. The zero-order valence-electron chi connectivity index (χ0n) is 9.73. The number of rotatable bonds is 2. The molecule has 0 bridgehead atoms. The summed E-state index contributed by atoms with van der Waals surface area (Å²) in [6, 6.07) is 0.0111. The van der Waals surface area contributed by atoms with Gasteiger partial charge in [-0.25, -0.2) is 0 Å². The molecule has 1 aliphatic rings. The maximum atomic E-state index is 12.0. The van der Waals surface area contributed by atoms with E-state index >= 15 is 0 Å². The van der Waals surface area contributed by atoms with Gasteiger partial charge in [-0.15, -0.1) is 0 Å². The first kappa shape index (κ1) is 11.1. The van der Waals surface area contributed by atoms with Gasteiger partial charge >= 0.3 is 0 Å². The van der Waals surface area contributed by atoms with Gasteiger partial charge in [0.05, 0.1) is 17.3 Å². The Balaban J connectivity index is 2.04. The van der Waals surface area contributed by atoms with E-state index in [1.54, 1.807) is 4.68 Å². The molecule has 0 saturated heterocycles. The summed E-state index contributed by atoms with van der Waals surface area (Å²) in [6.07, 6.45) is 4.70. The van der Waals surface area contributed by atoms with E-state index in [9.17, 15) is 4.79 Å². The van der Waals surface area contributed by atoms with Gasteiger partial charge < -0.3 is 11.1 Å². The zero-order valence-corrected chi connectivity index (χ0v) is 9.73. The number of carbonyl (C=O) groups excluding carboxylic acids is 1. The average molecular weight is 222 g/mol. The van der Waals surface area contributed by atoms with Crippen LogP contribution in [0.2, 0.25) is 0 Å². The number of hydrogen-bond donors (Lipinski definition) is 2. The molecule has 1 saturated carbocycles. The van der Waals surface area contributed by atoms with E-state index in [-0.39, 0.29) is 17.9 Å². The monoisotopic (exact) mass is 222 g/mol. The van der Waals surface area contributed by atoms with Crippen molar-refractivity contribution in [2.75, 3.05) is 5.32 Å². The lowest BCUT2D eigenvalue weighted by atomic mass is 10.0. The number of aryl methyl sites for hydroxylation is 2. The van der Waals surface area contributed by atoms with Gasteiger partial charge in [-0.3, -0.25) is 9.48 Å². The topological polar surface area (TPSA) is 72.9 Å². The molecule has 88 valence electrons. The van der Waals surface area contributed by atoms with Crippen LogP contribution in [0.5, 0.6) is 0 Å². The smallest absolute Gasteiger partial charge is 0.229 e. The van der Waals surface area contributed by atoms with E-state index in [1.165, 1.54) is 0 Å². The highest BCUT2D eigenvalue weighted by molar-refractivity contribution is 5.93. The van der Waals surface area contributed by atoms with E-state index in [2.05, 4.69) is 10.4 Å². The summed E-state index contributed by atoms with van der Waals surface area (Å²) in [7, 11) is 1.84. The van der Waals surface area contributed by atoms with Crippen molar-refractivity contribution in [2.24, 2.45) is 18.7 Å². The molecule has 0 spiro atoms. The molecule has 0 aromatic carbocycles. The number of nitrogens with one attached hydrogen (secondary N) is 1. The van der Waals surface area contributed by atoms with Gasteiger partial charge in [0.1, 0.15) is 0 Å². The number of carbonyl (C=O) groups is 1. The van der Waals surface area contributed by atoms with Crippen LogP contribution in [0.3, 0.4) is 0 Å². The van der Waals surface area contributed by atoms with Gasteiger partial charge in [0.25, 0.3) is 0 Å². The molecule has 16 heavy (non-hydrogen) atoms. The standard InChI is InChI=1S/C11H18N4O/c1-7-10(6-15(2)14-7)13-11(16)8-4-3-5-9(8)12/h6,8-9H,3-5,12H2,1-2H3,(H,13,16). The van der Waals surface area contributed by atoms with Crippen LogP contribution >= 0.6 is 0 Å². The van der Waals surface area contributed by atoms with Crippen molar-refractivity contribution in [3.8, 4) is 0 Å². The Kier molecular flexibility index (Phi) is 2.96. The Bertz CT molecular complexity index is 399. The highest BCUT2D eigenvalue weighted by Crippen LogP contribution is 2.25. The molecule has 0 aliphatic heterocycles. The minimum Gasteiger partial charge on any atom is -0.327 e. The van der Waals surface area contributed by atoms with E-state index < -0.39 is 0 Å². The van der Waals surface area contributed by atoms with E-state index in [4.69, 9.17) is 5.73 Å². The molecule has 5 nitrogen and oxygen atoms in total. The quantitative estimate of drug-likeness (QED) is 0.777. The predicted molar refractivity (Wildman–Crippen MR) is 61.9 cm³/mol. The third-order valence-electron chi connectivity index (χ3n) is 3.18. The molecular weight excluding hydrogens is 204 g/mol. The van der Waals surface area contributed by atoms with Crippen molar-refractivity contribution in [1.82, 2.24) is 9.78 Å². The van der Waals surface area contributed by atoms with Crippen LogP contribution in [-0.2, 0) is 11.8 Å². The first-order valence-electron chi connectivity index (χ1n) is 5.64. The fourth-order valence-electron chi connectivity index (χ4n) is 2.26. The van der Waals surface area contributed by atoms with Crippen molar-refractivity contribution in [1.29, 1.82) is 0 Å². The molecule has 3 N–H and O–H groups in total. The molecule has 1 fully saturated rings. The summed E-state index contributed by atoms with van der Waals surface area (Å²) in [6.45, 7) is 1.88. The summed E-state index contributed by atoms with van der Waals surface area (Å²) in [5.74, 6) is -0.0132. The van der Waals surface area contributed by atoms with Crippen LogP contribution in [0.25, 0.3) is 0 Å². The minimum atomic E-state index is -0.0420. The zero-order chi connectivity index (χ0) is 11.7. The van der Waals surface area contributed by atoms with E-state index in [1.807, 2.05) is 20.2 Å². The second kappa shape index (κ2) is 4.25. The molecule has 2 atom stereocenters. The van der Waals surface area contributed by atoms with Crippen LogP contribution in [0, 0.1) is 12.8 Å². The van der Waals surface area contributed by atoms with E-state index in [0.717, 1.165) is 30.6 Å². The third-order valence-corrected chi connectivity index (χ3v) is 3.18. The van der Waals surface area contributed by atoms with Crippen molar-refractivity contribution in [3.05, 3.63) is 11.9 Å². The molecule has 5 heteroatoms. The second-order valence-corrected chi connectivity index (χ2v) is 4.49. The number of nitrogens with two attached hydrogens (primary N) is 1. The fraction of sp³-hybridized carbons (Fsp3) is 0.636. The molecule has 1 aromatic heterocycles. The second-order valence-electron chi connectivity index (χ2n) is 4.49. The molecule has 2 unspecified atom stereocenters.